The Balaban J connectivity index is 1.14. The van der Waals surface area contributed by atoms with Crippen LogP contribution in [0.25, 0.3) is 77.2 Å². The molecule has 0 spiro atoms. The van der Waals surface area contributed by atoms with Gasteiger partial charge in [-0.2, -0.15) is 0 Å². The highest BCUT2D eigenvalue weighted by molar-refractivity contribution is 6.22. The van der Waals surface area contributed by atoms with Gasteiger partial charge in [-0.3, -0.25) is 0 Å². The molecule has 1 heterocycles. The van der Waals surface area contributed by atoms with Crippen LogP contribution in [0.3, 0.4) is 0 Å². The molecule has 0 saturated carbocycles. The Morgan fingerprint density at radius 1 is 0.296 bits per heavy atom. The van der Waals surface area contributed by atoms with Gasteiger partial charge in [-0.25, -0.2) is 0 Å². The van der Waals surface area contributed by atoms with E-state index in [1.54, 1.807) is 0 Å². The largest absolute Gasteiger partial charge is 0.455 e. The number of hydrogen-bond donors (Lipinski definition) is 0. The lowest BCUT2D eigenvalue weighted by Gasteiger charge is -2.26. The van der Waals surface area contributed by atoms with Crippen LogP contribution < -0.4 is 4.90 Å². The summed E-state index contributed by atoms with van der Waals surface area (Å²) in [4.78, 5) is 2.36. The molecule has 54 heavy (non-hydrogen) atoms. The quantitative estimate of drug-likeness (QED) is 0.166. The maximum atomic E-state index is 6.67. The topological polar surface area (TPSA) is 16.4 Å². The van der Waals surface area contributed by atoms with Crippen molar-refractivity contribution in [1.82, 2.24) is 0 Å². The molecule has 2 heteroatoms. The summed E-state index contributed by atoms with van der Waals surface area (Å²) in [6.07, 6.45) is 0. The fraction of sp³-hybridized carbons (Fsp3) is 0. The lowest BCUT2D eigenvalue weighted by atomic mass is 9.93. The highest BCUT2D eigenvalue weighted by Gasteiger charge is 2.19. The Hall–Kier alpha value is -7.16. The molecule has 2 nitrogen and oxygen atoms in total. The molecule has 0 amide bonds. The molecule has 1 aromatic heterocycles. The van der Waals surface area contributed by atoms with Gasteiger partial charge >= 0.3 is 0 Å². The number of rotatable bonds is 7. The van der Waals surface area contributed by atoms with Crippen LogP contribution >= 0.6 is 0 Å². The van der Waals surface area contributed by atoms with E-state index in [-0.39, 0.29) is 0 Å². The number of hydrogen-bond acceptors (Lipinski definition) is 2. The van der Waals surface area contributed by atoms with Crippen LogP contribution in [0.1, 0.15) is 0 Å². The Labute approximate surface area is 314 Å². The van der Waals surface area contributed by atoms with Crippen LogP contribution in [-0.2, 0) is 0 Å². The molecule has 0 atom stereocenters. The fourth-order valence-electron chi connectivity index (χ4n) is 7.87. The molecule has 0 fully saturated rings. The van der Waals surface area contributed by atoms with Crippen LogP contribution in [0, 0.1) is 0 Å². The van der Waals surface area contributed by atoms with Crippen LogP contribution in [0.4, 0.5) is 17.1 Å². The first kappa shape index (κ1) is 31.6. The molecular formula is C52H35NO. The monoisotopic (exact) mass is 689 g/mol. The molecule has 0 aliphatic rings. The van der Waals surface area contributed by atoms with Crippen molar-refractivity contribution in [2.75, 3.05) is 4.90 Å². The van der Waals surface area contributed by atoms with Crippen molar-refractivity contribution in [3.8, 4) is 44.5 Å². The second kappa shape index (κ2) is 13.4. The summed E-state index contributed by atoms with van der Waals surface area (Å²) in [7, 11) is 0. The van der Waals surface area contributed by atoms with Crippen molar-refractivity contribution in [1.29, 1.82) is 0 Å². The normalized spacial score (nSPS) is 11.3. The van der Waals surface area contributed by atoms with Gasteiger partial charge in [0.2, 0.25) is 0 Å². The predicted molar refractivity (Wildman–Crippen MR) is 228 cm³/mol. The number of furan rings is 1. The van der Waals surface area contributed by atoms with E-state index in [0.717, 1.165) is 55.3 Å². The number of nitrogens with zero attached hydrogens (tertiary/aromatic N) is 1. The molecule has 0 unspecified atom stereocenters. The minimum Gasteiger partial charge on any atom is -0.455 e. The van der Waals surface area contributed by atoms with E-state index < -0.39 is 0 Å². The summed E-state index contributed by atoms with van der Waals surface area (Å²) in [5.41, 5.74) is 14.5. The molecule has 0 radical (unpaired) electrons. The van der Waals surface area contributed by atoms with Crippen molar-refractivity contribution in [3.05, 3.63) is 212 Å². The Bertz CT molecular complexity index is 2810. The van der Waals surface area contributed by atoms with Gasteiger partial charge in [-0.1, -0.05) is 164 Å². The van der Waals surface area contributed by atoms with E-state index >= 15 is 0 Å². The van der Waals surface area contributed by atoms with Gasteiger partial charge in [0, 0.05) is 33.2 Å². The summed E-state index contributed by atoms with van der Waals surface area (Å²) in [6.45, 7) is 0. The van der Waals surface area contributed by atoms with Crippen molar-refractivity contribution in [3.63, 3.8) is 0 Å². The molecular weight excluding hydrogens is 655 g/mol. The maximum absolute atomic E-state index is 6.67. The molecule has 0 N–H and O–H groups in total. The van der Waals surface area contributed by atoms with Gasteiger partial charge in [-0.15, -0.1) is 0 Å². The SMILES string of the molecule is c1ccc(-c2ccc(N(c3ccc(-c4ccccc4)cc3)c3cccc(-c4cc5c(oc6cccc(-c7ccccc7)c65)c5ccccc45)c3)cc2)cc1. The molecule has 9 aromatic carbocycles. The van der Waals surface area contributed by atoms with E-state index in [4.69, 9.17) is 4.42 Å². The first-order valence-electron chi connectivity index (χ1n) is 18.4. The van der Waals surface area contributed by atoms with Gasteiger partial charge in [0.05, 0.1) is 0 Å². The number of benzene rings is 9. The van der Waals surface area contributed by atoms with Gasteiger partial charge < -0.3 is 9.32 Å². The van der Waals surface area contributed by atoms with Crippen molar-refractivity contribution in [2.45, 2.75) is 0 Å². The number of fused-ring (bicyclic) bond motifs is 5. The zero-order chi connectivity index (χ0) is 35.8. The Morgan fingerprint density at radius 3 is 1.41 bits per heavy atom. The first-order valence-corrected chi connectivity index (χ1v) is 18.4. The smallest absolute Gasteiger partial charge is 0.143 e. The molecule has 0 aliphatic heterocycles. The van der Waals surface area contributed by atoms with Crippen molar-refractivity contribution < 1.29 is 4.42 Å². The maximum Gasteiger partial charge on any atom is 0.143 e. The third-order valence-electron chi connectivity index (χ3n) is 10.5. The van der Waals surface area contributed by atoms with E-state index in [0.29, 0.717) is 0 Å². The summed E-state index contributed by atoms with van der Waals surface area (Å²) in [5.74, 6) is 0. The zero-order valence-electron chi connectivity index (χ0n) is 29.6. The molecule has 10 rings (SSSR count). The average molecular weight is 690 g/mol. The molecule has 254 valence electrons. The van der Waals surface area contributed by atoms with E-state index in [2.05, 4.69) is 217 Å². The Morgan fingerprint density at radius 2 is 0.796 bits per heavy atom. The molecule has 0 aliphatic carbocycles. The van der Waals surface area contributed by atoms with Gasteiger partial charge in [-0.05, 0) is 98.4 Å². The average Bonchev–Trinajstić information content (AvgIpc) is 3.64. The fourth-order valence-corrected chi connectivity index (χ4v) is 7.87. The minimum absolute atomic E-state index is 0.895. The molecule has 0 bridgehead atoms. The second-order valence-electron chi connectivity index (χ2n) is 13.7. The lowest BCUT2D eigenvalue weighted by Crippen LogP contribution is -2.10. The third kappa shape index (κ3) is 5.62. The van der Waals surface area contributed by atoms with Gasteiger partial charge in [0.25, 0.3) is 0 Å². The van der Waals surface area contributed by atoms with Gasteiger partial charge in [0.1, 0.15) is 11.2 Å². The van der Waals surface area contributed by atoms with Crippen LogP contribution in [0.2, 0.25) is 0 Å². The van der Waals surface area contributed by atoms with E-state index in [1.165, 1.54) is 38.9 Å². The zero-order valence-corrected chi connectivity index (χ0v) is 29.6. The third-order valence-corrected chi connectivity index (χ3v) is 10.5. The van der Waals surface area contributed by atoms with Crippen LogP contribution in [-0.4, -0.2) is 0 Å². The van der Waals surface area contributed by atoms with Crippen molar-refractivity contribution >= 4 is 49.8 Å². The van der Waals surface area contributed by atoms with Crippen LogP contribution in [0.5, 0.6) is 0 Å². The summed E-state index contributed by atoms with van der Waals surface area (Å²) < 4.78 is 6.67. The van der Waals surface area contributed by atoms with Gasteiger partial charge in [0.15, 0.2) is 0 Å². The predicted octanol–water partition coefficient (Wildman–Crippen LogP) is 14.9. The van der Waals surface area contributed by atoms with Crippen LogP contribution in [0.15, 0.2) is 217 Å². The lowest BCUT2D eigenvalue weighted by molar-refractivity contribution is 0.673. The Kier molecular flexibility index (Phi) is 7.85. The molecule has 0 saturated heterocycles. The highest BCUT2D eigenvalue weighted by Crippen LogP contribution is 2.44. The molecule has 10 aromatic rings. The number of anilines is 3. The van der Waals surface area contributed by atoms with E-state index in [1.807, 2.05) is 0 Å². The summed E-state index contributed by atoms with van der Waals surface area (Å²) in [6, 6.07) is 75.8. The standard InChI is InChI=1S/C52H35NO/c1-4-14-36(15-5-1)38-26-30-42(31-27-38)53(43-32-28-39(29-33-43)37-16-6-2-7-17-37)44-21-12-20-41(34-44)48-35-49-51-45(40-18-8-3-9-19-40)24-13-25-50(51)54-52(49)47-23-11-10-22-46(47)48/h1-35H. The summed E-state index contributed by atoms with van der Waals surface area (Å²) in [5, 5.41) is 4.53. The minimum atomic E-state index is 0.895. The first-order chi connectivity index (χ1) is 26.8. The second-order valence-corrected chi connectivity index (χ2v) is 13.7. The highest BCUT2D eigenvalue weighted by atomic mass is 16.3. The van der Waals surface area contributed by atoms with E-state index in [9.17, 15) is 0 Å². The van der Waals surface area contributed by atoms with Crippen molar-refractivity contribution in [2.24, 2.45) is 0 Å². The summed E-state index contributed by atoms with van der Waals surface area (Å²) >= 11 is 0.